The second kappa shape index (κ2) is 5.92. The van der Waals surface area contributed by atoms with Crippen LogP contribution < -0.4 is 5.32 Å². The van der Waals surface area contributed by atoms with Gasteiger partial charge < -0.3 is 5.32 Å². The lowest BCUT2D eigenvalue weighted by Crippen LogP contribution is -2.34. The fourth-order valence-corrected chi connectivity index (χ4v) is 1.64. The molecule has 0 unspecified atom stereocenters. The summed E-state index contributed by atoms with van der Waals surface area (Å²) < 4.78 is 0. The van der Waals surface area contributed by atoms with Crippen molar-refractivity contribution in [2.75, 3.05) is 0 Å². The van der Waals surface area contributed by atoms with E-state index in [9.17, 15) is 0 Å². The highest BCUT2D eigenvalue weighted by Gasteiger charge is 2.13. The van der Waals surface area contributed by atoms with Crippen LogP contribution in [-0.4, -0.2) is 6.04 Å². The monoisotopic (exact) mass is 205 g/mol. The van der Waals surface area contributed by atoms with E-state index in [1.54, 1.807) is 0 Å². The van der Waals surface area contributed by atoms with Crippen molar-refractivity contribution < 1.29 is 0 Å². The normalized spacial score (nSPS) is 15.3. The first-order chi connectivity index (χ1) is 7.15. The average molecular weight is 205 g/mol. The molecule has 1 N–H and O–H groups in total. The molecule has 1 aromatic rings. The van der Waals surface area contributed by atoms with Gasteiger partial charge in [0.25, 0.3) is 0 Å². The molecule has 0 heterocycles. The Morgan fingerprint density at radius 1 is 1.07 bits per heavy atom. The Kier molecular flexibility index (Phi) is 4.83. The Labute approximate surface area is 93.9 Å². The SMILES string of the molecule is CC[C@@H](N[C@@H](C)C(C)C)c1ccccc1. The third kappa shape index (κ3) is 3.67. The van der Waals surface area contributed by atoms with E-state index >= 15 is 0 Å². The van der Waals surface area contributed by atoms with Crippen LogP contribution in [0.15, 0.2) is 30.3 Å². The zero-order valence-corrected chi connectivity index (χ0v) is 10.3. The van der Waals surface area contributed by atoms with Gasteiger partial charge in [0.15, 0.2) is 0 Å². The van der Waals surface area contributed by atoms with E-state index in [1.165, 1.54) is 5.56 Å². The maximum atomic E-state index is 3.68. The summed E-state index contributed by atoms with van der Waals surface area (Å²) in [4.78, 5) is 0. The number of benzene rings is 1. The first-order valence-corrected chi connectivity index (χ1v) is 5.96. The molecule has 0 bridgehead atoms. The molecular weight excluding hydrogens is 182 g/mol. The van der Waals surface area contributed by atoms with Crippen LogP contribution >= 0.6 is 0 Å². The Morgan fingerprint density at radius 3 is 2.13 bits per heavy atom. The van der Waals surface area contributed by atoms with Gasteiger partial charge in [-0.25, -0.2) is 0 Å². The summed E-state index contributed by atoms with van der Waals surface area (Å²) in [6, 6.07) is 11.8. The molecule has 0 aliphatic carbocycles. The van der Waals surface area contributed by atoms with Gasteiger partial charge in [-0.05, 0) is 24.8 Å². The molecule has 1 rings (SSSR count). The van der Waals surface area contributed by atoms with E-state index in [4.69, 9.17) is 0 Å². The molecule has 1 nitrogen and oxygen atoms in total. The van der Waals surface area contributed by atoms with E-state index in [-0.39, 0.29) is 0 Å². The number of hydrogen-bond donors (Lipinski definition) is 1. The maximum Gasteiger partial charge on any atom is 0.0320 e. The Hall–Kier alpha value is -0.820. The smallest absolute Gasteiger partial charge is 0.0320 e. The van der Waals surface area contributed by atoms with Crippen molar-refractivity contribution in [1.82, 2.24) is 5.32 Å². The van der Waals surface area contributed by atoms with Crippen molar-refractivity contribution in [2.45, 2.75) is 46.2 Å². The molecule has 0 aromatic heterocycles. The van der Waals surface area contributed by atoms with E-state index in [0.717, 1.165) is 6.42 Å². The van der Waals surface area contributed by atoms with E-state index in [1.807, 2.05) is 0 Å². The van der Waals surface area contributed by atoms with Gasteiger partial charge in [-0.15, -0.1) is 0 Å². The number of nitrogens with one attached hydrogen (secondary N) is 1. The van der Waals surface area contributed by atoms with Gasteiger partial charge in [-0.1, -0.05) is 51.1 Å². The summed E-state index contributed by atoms with van der Waals surface area (Å²) >= 11 is 0. The molecule has 0 aliphatic rings. The number of hydrogen-bond acceptors (Lipinski definition) is 1. The van der Waals surface area contributed by atoms with Crippen LogP contribution in [0.3, 0.4) is 0 Å². The predicted molar refractivity (Wildman–Crippen MR) is 66.9 cm³/mol. The van der Waals surface area contributed by atoms with Gasteiger partial charge in [0.05, 0.1) is 0 Å². The standard InChI is InChI=1S/C14H23N/c1-5-14(15-12(4)11(2)3)13-9-7-6-8-10-13/h6-12,14-15H,5H2,1-4H3/t12-,14+/m0/s1. The van der Waals surface area contributed by atoms with Crippen LogP contribution in [0, 0.1) is 5.92 Å². The molecule has 84 valence electrons. The molecule has 1 aromatic carbocycles. The molecule has 0 saturated heterocycles. The van der Waals surface area contributed by atoms with Crippen LogP contribution in [-0.2, 0) is 0 Å². The van der Waals surface area contributed by atoms with Crippen molar-refractivity contribution in [2.24, 2.45) is 5.92 Å². The zero-order chi connectivity index (χ0) is 11.3. The first-order valence-electron chi connectivity index (χ1n) is 5.96. The average Bonchev–Trinajstić information content (AvgIpc) is 2.26. The van der Waals surface area contributed by atoms with Crippen molar-refractivity contribution >= 4 is 0 Å². The Bertz CT molecular complexity index is 266. The lowest BCUT2D eigenvalue weighted by molar-refractivity contribution is 0.370. The molecule has 0 radical (unpaired) electrons. The quantitative estimate of drug-likeness (QED) is 0.771. The minimum absolute atomic E-state index is 0.489. The fourth-order valence-electron chi connectivity index (χ4n) is 1.64. The highest BCUT2D eigenvalue weighted by molar-refractivity contribution is 5.18. The van der Waals surface area contributed by atoms with Gasteiger partial charge in [0.1, 0.15) is 0 Å². The van der Waals surface area contributed by atoms with Crippen LogP contribution in [0.2, 0.25) is 0 Å². The second-order valence-corrected chi connectivity index (χ2v) is 4.57. The summed E-state index contributed by atoms with van der Waals surface area (Å²) in [6.07, 6.45) is 1.14. The van der Waals surface area contributed by atoms with E-state index < -0.39 is 0 Å². The van der Waals surface area contributed by atoms with Gasteiger partial charge in [-0.3, -0.25) is 0 Å². The zero-order valence-electron chi connectivity index (χ0n) is 10.3. The molecule has 0 spiro atoms. The van der Waals surface area contributed by atoms with E-state index in [0.29, 0.717) is 18.0 Å². The van der Waals surface area contributed by atoms with Crippen LogP contribution in [0.5, 0.6) is 0 Å². The highest BCUT2D eigenvalue weighted by atomic mass is 14.9. The van der Waals surface area contributed by atoms with Crippen molar-refractivity contribution in [3.8, 4) is 0 Å². The molecule has 0 fully saturated rings. The second-order valence-electron chi connectivity index (χ2n) is 4.57. The third-order valence-electron chi connectivity index (χ3n) is 3.07. The van der Waals surface area contributed by atoms with Gasteiger partial charge in [0, 0.05) is 12.1 Å². The van der Waals surface area contributed by atoms with Crippen LogP contribution in [0.25, 0.3) is 0 Å². The molecule has 15 heavy (non-hydrogen) atoms. The van der Waals surface area contributed by atoms with Gasteiger partial charge >= 0.3 is 0 Å². The van der Waals surface area contributed by atoms with Crippen molar-refractivity contribution in [1.29, 1.82) is 0 Å². The number of rotatable bonds is 5. The Morgan fingerprint density at radius 2 is 1.67 bits per heavy atom. The van der Waals surface area contributed by atoms with E-state index in [2.05, 4.69) is 63.3 Å². The predicted octanol–water partition coefficient (Wildman–Crippen LogP) is 3.77. The molecule has 1 heteroatoms. The summed E-state index contributed by atoms with van der Waals surface area (Å²) in [7, 11) is 0. The lowest BCUT2D eigenvalue weighted by Gasteiger charge is -2.25. The lowest BCUT2D eigenvalue weighted by atomic mass is 10.0. The highest BCUT2D eigenvalue weighted by Crippen LogP contribution is 2.18. The maximum absolute atomic E-state index is 3.68. The summed E-state index contributed by atoms with van der Waals surface area (Å²) in [5.74, 6) is 0.683. The minimum atomic E-state index is 0.489. The Balaban J connectivity index is 2.65. The van der Waals surface area contributed by atoms with Crippen molar-refractivity contribution in [3.63, 3.8) is 0 Å². The molecule has 0 amide bonds. The molecular formula is C14H23N. The fraction of sp³-hybridized carbons (Fsp3) is 0.571. The topological polar surface area (TPSA) is 12.0 Å². The summed E-state index contributed by atoms with van der Waals surface area (Å²) in [5, 5.41) is 3.68. The first kappa shape index (κ1) is 12.3. The summed E-state index contributed by atoms with van der Waals surface area (Å²) in [6.45, 7) is 9.01. The minimum Gasteiger partial charge on any atom is -0.307 e. The van der Waals surface area contributed by atoms with Crippen LogP contribution in [0.1, 0.15) is 45.7 Å². The molecule has 2 atom stereocenters. The summed E-state index contributed by atoms with van der Waals surface area (Å²) in [5.41, 5.74) is 1.40. The molecule has 0 saturated carbocycles. The van der Waals surface area contributed by atoms with Crippen LogP contribution in [0.4, 0.5) is 0 Å². The van der Waals surface area contributed by atoms with Gasteiger partial charge in [-0.2, -0.15) is 0 Å². The van der Waals surface area contributed by atoms with Crippen molar-refractivity contribution in [3.05, 3.63) is 35.9 Å². The third-order valence-corrected chi connectivity index (χ3v) is 3.07. The largest absolute Gasteiger partial charge is 0.307 e. The molecule has 0 aliphatic heterocycles. The van der Waals surface area contributed by atoms with Gasteiger partial charge in [0.2, 0.25) is 0 Å².